The first-order chi connectivity index (χ1) is 8.74. The molecule has 0 saturated heterocycles. The van der Waals surface area contributed by atoms with E-state index < -0.39 is 0 Å². The van der Waals surface area contributed by atoms with Crippen LogP contribution in [0.2, 0.25) is 0 Å². The van der Waals surface area contributed by atoms with Crippen molar-refractivity contribution in [2.75, 3.05) is 13.2 Å². The van der Waals surface area contributed by atoms with Crippen molar-refractivity contribution in [3.8, 4) is 11.3 Å². The molecule has 2 aromatic rings. The van der Waals surface area contributed by atoms with Gasteiger partial charge in [0.25, 0.3) is 0 Å². The number of hydrogen-bond donors (Lipinski definition) is 0. The summed E-state index contributed by atoms with van der Waals surface area (Å²) in [5.74, 6) is 0. The van der Waals surface area contributed by atoms with Gasteiger partial charge in [0.15, 0.2) is 0 Å². The van der Waals surface area contributed by atoms with E-state index in [1.165, 1.54) is 16.9 Å². The van der Waals surface area contributed by atoms with Crippen molar-refractivity contribution in [3.05, 3.63) is 44.9 Å². The number of benzene rings is 1. The number of aromatic nitrogens is 1. The van der Waals surface area contributed by atoms with E-state index >= 15 is 0 Å². The number of thiazole rings is 1. The van der Waals surface area contributed by atoms with Gasteiger partial charge in [0.1, 0.15) is 0 Å². The highest BCUT2D eigenvalue weighted by atomic mass is 32.1. The lowest BCUT2D eigenvalue weighted by atomic mass is 10.1. The Labute approximate surface area is 111 Å². The Hall–Kier alpha value is -1.39. The molecule has 0 atom stereocenters. The first kappa shape index (κ1) is 13.1. The van der Waals surface area contributed by atoms with Crippen LogP contribution < -0.4 is 4.87 Å². The van der Waals surface area contributed by atoms with Crippen LogP contribution in [0.1, 0.15) is 12.5 Å². The van der Waals surface area contributed by atoms with Crippen molar-refractivity contribution in [2.24, 2.45) is 0 Å². The summed E-state index contributed by atoms with van der Waals surface area (Å²) >= 11 is 1.24. The second kappa shape index (κ2) is 5.98. The molecule has 0 saturated carbocycles. The van der Waals surface area contributed by atoms with Gasteiger partial charge in [-0.3, -0.25) is 9.36 Å². The zero-order chi connectivity index (χ0) is 13.0. The van der Waals surface area contributed by atoms with Crippen molar-refractivity contribution < 1.29 is 4.74 Å². The van der Waals surface area contributed by atoms with Crippen LogP contribution in [-0.2, 0) is 11.3 Å². The van der Waals surface area contributed by atoms with Crippen LogP contribution in [0.4, 0.5) is 0 Å². The van der Waals surface area contributed by atoms with E-state index in [0.29, 0.717) is 19.8 Å². The summed E-state index contributed by atoms with van der Waals surface area (Å²) in [5, 5.41) is 1.93. The maximum atomic E-state index is 11.8. The third kappa shape index (κ3) is 2.71. The van der Waals surface area contributed by atoms with Crippen LogP contribution in [0.3, 0.4) is 0 Å². The number of aryl methyl sites for hydroxylation is 1. The zero-order valence-corrected chi connectivity index (χ0v) is 11.5. The Morgan fingerprint density at radius 3 is 2.83 bits per heavy atom. The van der Waals surface area contributed by atoms with Crippen molar-refractivity contribution in [2.45, 2.75) is 20.4 Å². The van der Waals surface area contributed by atoms with Gasteiger partial charge >= 0.3 is 4.87 Å². The monoisotopic (exact) mass is 263 g/mol. The molecule has 0 aliphatic carbocycles. The molecule has 0 aliphatic heterocycles. The summed E-state index contributed by atoms with van der Waals surface area (Å²) in [5.41, 5.74) is 3.29. The maximum absolute atomic E-state index is 11.8. The van der Waals surface area contributed by atoms with Gasteiger partial charge in [-0.25, -0.2) is 0 Å². The fraction of sp³-hybridized carbons (Fsp3) is 0.357. The first-order valence-electron chi connectivity index (χ1n) is 6.06. The Morgan fingerprint density at radius 1 is 1.33 bits per heavy atom. The predicted octanol–water partition coefficient (Wildman–Crippen LogP) is 2.92. The van der Waals surface area contributed by atoms with Crippen LogP contribution in [0, 0.1) is 6.92 Å². The van der Waals surface area contributed by atoms with Gasteiger partial charge in [0, 0.05) is 17.6 Å². The molecule has 18 heavy (non-hydrogen) atoms. The third-order valence-corrected chi connectivity index (χ3v) is 3.63. The molecule has 1 aromatic carbocycles. The maximum Gasteiger partial charge on any atom is 0.307 e. The highest BCUT2D eigenvalue weighted by Crippen LogP contribution is 2.23. The van der Waals surface area contributed by atoms with Crippen LogP contribution in [0.15, 0.2) is 34.4 Å². The molecule has 0 bridgehead atoms. The van der Waals surface area contributed by atoms with Gasteiger partial charge in [-0.15, -0.1) is 0 Å². The molecule has 0 radical (unpaired) electrons. The normalized spacial score (nSPS) is 10.8. The van der Waals surface area contributed by atoms with Crippen molar-refractivity contribution in [1.82, 2.24) is 4.57 Å². The molecule has 3 nitrogen and oxygen atoms in total. The minimum absolute atomic E-state index is 0.0768. The molecular formula is C14H17NO2S. The molecule has 2 rings (SSSR count). The topological polar surface area (TPSA) is 31.2 Å². The first-order valence-corrected chi connectivity index (χ1v) is 6.94. The molecule has 0 fully saturated rings. The fourth-order valence-electron chi connectivity index (χ4n) is 1.91. The van der Waals surface area contributed by atoms with E-state index in [1.807, 2.05) is 30.5 Å². The Morgan fingerprint density at radius 2 is 2.11 bits per heavy atom. The van der Waals surface area contributed by atoms with E-state index in [-0.39, 0.29) is 4.87 Å². The zero-order valence-electron chi connectivity index (χ0n) is 10.7. The lowest BCUT2D eigenvalue weighted by Gasteiger charge is -2.09. The van der Waals surface area contributed by atoms with E-state index in [2.05, 4.69) is 13.0 Å². The average molecular weight is 263 g/mol. The lowest BCUT2D eigenvalue weighted by molar-refractivity contribution is 0.139. The molecule has 0 N–H and O–H groups in total. The minimum atomic E-state index is 0.0768. The van der Waals surface area contributed by atoms with E-state index in [0.717, 1.165) is 11.3 Å². The van der Waals surface area contributed by atoms with Gasteiger partial charge in [-0.2, -0.15) is 0 Å². The third-order valence-electron chi connectivity index (χ3n) is 2.87. The highest BCUT2D eigenvalue weighted by Gasteiger charge is 2.10. The van der Waals surface area contributed by atoms with Crippen LogP contribution >= 0.6 is 11.3 Å². The number of ether oxygens (including phenoxy) is 1. The number of nitrogens with zero attached hydrogens (tertiary/aromatic N) is 1. The lowest BCUT2D eigenvalue weighted by Crippen LogP contribution is -2.17. The van der Waals surface area contributed by atoms with Gasteiger partial charge in [0.05, 0.1) is 18.8 Å². The second-order valence-corrected chi connectivity index (χ2v) is 4.87. The molecule has 4 heteroatoms. The summed E-state index contributed by atoms with van der Waals surface area (Å²) in [6, 6.07) is 8.11. The molecule has 0 aliphatic rings. The molecule has 0 unspecified atom stereocenters. The Kier molecular flexibility index (Phi) is 4.33. The van der Waals surface area contributed by atoms with Crippen LogP contribution in [-0.4, -0.2) is 17.8 Å². The van der Waals surface area contributed by atoms with E-state index in [1.54, 1.807) is 4.57 Å². The van der Waals surface area contributed by atoms with Crippen molar-refractivity contribution in [3.63, 3.8) is 0 Å². The minimum Gasteiger partial charge on any atom is -0.380 e. The Balaban J connectivity index is 2.34. The van der Waals surface area contributed by atoms with Gasteiger partial charge in [-0.05, 0) is 19.4 Å². The fourth-order valence-corrected chi connectivity index (χ4v) is 2.70. The van der Waals surface area contributed by atoms with Crippen LogP contribution in [0.5, 0.6) is 0 Å². The molecule has 1 aromatic heterocycles. The summed E-state index contributed by atoms with van der Waals surface area (Å²) in [4.78, 5) is 11.9. The second-order valence-electron chi connectivity index (χ2n) is 4.05. The van der Waals surface area contributed by atoms with Crippen LogP contribution in [0.25, 0.3) is 11.3 Å². The molecule has 1 heterocycles. The number of rotatable bonds is 5. The standard InChI is InChI=1S/C14H17NO2S/c1-3-17-9-8-15-13(10-18-14(15)16)12-7-5-4-6-11(12)2/h4-7,10H,3,8-9H2,1-2H3. The highest BCUT2D eigenvalue weighted by molar-refractivity contribution is 7.07. The Bertz CT molecular complexity index is 571. The number of hydrogen-bond acceptors (Lipinski definition) is 3. The quantitative estimate of drug-likeness (QED) is 0.777. The molecule has 0 amide bonds. The SMILES string of the molecule is CCOCCn1c(-c2ccccc2C)csc1=O. The molecule has 96 valence electrons. The molecular weight excluding hydrogens is 246 g/mol. The predicted molar refractivity (Wildman–Crippen MR) is 75.2 cm³/mol. The van der Waals surface area contributed by atoms with E-state index in [4.69, 9.17) is 4.74 Å². The summed E-state index contributed by atoms with van der Waals surface area (Å²) in [6.07, 6.45) is 0. The molecule has 0 spiro atoms. The van der Waals surface area contributed by atoms with E-state index in [9.17, 15) is 4.79 Å². The van der Waals surface area contributed by atoms with Gasteiger partial charge in [0.2, 0.25) is 0 Å². The smallest absolute Gasteiger partial charge is 0.307 e. The summed E-state index contributed by atoms with van der Waals surface area (Å²) < 4.78 is 7.12. The van der Waals surface area contributed by atoms with Gasteiger partial charge in [-0.1, -0.05) is 35.6 Å². The summed E-state index contributed by atoms with van der Waals surface area (Å²) in [7, 11) is 0. The van der Waals surface area contributed by atoms with Crippen molar-refractivity contribution >= 4 is 11.3 Å². The van der Waals surface area contributed by atoms with Crippen molar-refractivity contribution in [1.29, 1.82) is 0 Å². The summed E-state index contributed by atoms with van der Waals surface area (Å²) in [6.45, 7) is 5.88. The van der Waals surface area contributed by atoms with Gasteiger partial charge < -0.3 is 4.74 Å². The largest absolute Gasteiger partial charge is 0.380 e. The average Bonchev–Trinajstić information content (AvgIpc) is 2.72.